The summed E-state index contributed by atoms with van der Waals surface area (Å²) in [7, 11) is 1.86. The van der Waals surface area contributed by atoms with Crippen LogP contribution in [0.25, 0.3) is 0 Å². The van der Waals surface area contributed by atoms with Gasteiger partial charge in [0.1, 0.15) is 0 Å². The molecule has 0 spiro atoms. The Morgan fingerprint density at radius 1 is 1.30 bits per heavy atom. The number of nitrogens with zero attached hydrogens (tertiary/aromatic N) is 2. The van der Waals surface area contributed by atoms with Crippen molar-refractivity contribution in [3.63, 3.8) is 0 Å². The van der Waals surface area contributed by atoms with Gasteiger partial charge in [0, 0.05) is 39.3 Å². The van der Waals surface area contributed by atoms with Gasteiger partial charge in [-0.2, -0.15) is 0 Å². The number of carbonyl (C=O) groups is 1. The normalized spacial score (nSPS) is 16.8. The molecule has 1 N–H and O–H groups in total. The van der Waals surface area contributed by atoms with Gasteiger partial charge in [-0.05, 0) is 25.8 Å². The molecule has 1 atom stereocenters. The number of nitrogens with one attached hydrogen (secondary N) is 1. The minimum atomic E-state index is -0.00197. The molecule has 1 fully saturated rings. The lowest BCUT2D eigenvalue weighted by atomic mass is 10.1. The molecule has 5 nitrogen and oxygen atoms in total. The Morgan fingerprint density at radius 2 is 1.96 bits per heavy atom. The van der Waals surface area contributed by atoms with Crippen molar-refractivity contribution >= 4 is 6.03 Å². The summed E-state index contributed by atoms with van der Waals surface area (Å²) < 4.78 is 5.32. The molecule has 0 radical (unpaired) electrons. The van der Waals surface area contributed by atoms with Crippen molar-refractivity contribution in [1.29, 1.82) is 0 Å². The third-order valence-electron chi connectivity index (χ3n) is 4.44. The van der Waals surface area contributed by atoms with Gasteiger partial charge in [-0.25, -0.2) is 4.79 Å². The summed E-state index contributed by atoms with van der Waals surface area (Å²) in [6.45, 7) is 9.23. The molecular formula is C18H29N3O2. The lowest BCUT2D eigenvalue weighted by molar-refractivity contribution is 0.0386. The molecule has 1 heterocycles. The predicted octanol–water partition coefficient (Wildman–Crippen LogP) is 1.90. The molecule has 0 aromatic heterocycles. The first kappa shape index (κ1) is 17.8. The largest absolute Gasteiger partial charge is 0.379 e. The van der Waals surface area contributed by atoms with Gasteiger partial charge in [0.2, 0.25) is 0 Å². The van der Waals surface area contributed by atoms with Crippen LogP contribution in [0.1, 0.15) is 18.1 Å². The van der Waals surface area contributed by atoms with Crippen LogP contribution in [0, 0.1) is 6.92 Å². The van der Waals surface area contributed by atoms with Gasteiger partial charge in [-0.3, -0.25) is 4.90 Å². The Kier molecular flexibility index (Phi) is 6.86. The molecule has 0 bridgehead atoms. The molecule has 1 aromatic rings. The van der Waals surface area contributed by atoms with E-state index >= 15 is 0 Å². The monoisotopic (exact) mass is 319 g/mol. The summed E-state index contributed by atoms with van der Waals surface area (Å²) in [4.78, 5) is 16.4. The van der Waals surface area contributed by atoms with Crippen molar-refractivity contribution in [2.75, 3.05) is 46.4 Å². The van der Waals surface area contributed by atoms with E-state index in [0.717, 1.165) is 39.3 Å². The second kappa shape index (κ2) is 8.89. The Balaban J connectivity index is 1.71. The Bertz CT molecular complexity index is 484. The summed E-state index contributed by atoms with van der Waals surface area (Å²) in [6, 6.07) is 8.67. The number of benzene rings is 1. The van der Waals surface area contributed by atoms with E-state index in [1.165, 1.54) is 11.1 Å². The smallest absolute Gasteiger partial charge is 0.317 e. The van der Waals surface area contributed by atoms with Crippen LogP contribution in [0.4, 0.5) is 4.79 Å². The first-order valence-corrected chi connectivity index (χ1v) is 8.42. The molecule has 5 heteroatoms. The molecule has 128 valence electrons. The molecule has 1 aromatic carbocycles. The lowest BCUT2D eigenvalue weighted by Crippen LogP contribution is -2.46. The summed E-state index contributed by atoms with van der Waals surface area (Å²) in [5, 5.41) is 3.01. The van der Waals surface area contributed by atoms with Crippen LogP contribution < -0.4 is 5.32 Å². The first-order chi connectivity index (χ1) is 11.1. The third kappa shape index (κ3) is 5.84. The molecule has 23 heavy (non-hydrogen) atoms. The summed E-state index contributed by atoms with van der Waals surface area (Å²) in [6.07, 6.45) is 0.869. The molecular weight excluding hydrogens is 290 g/mol. The van der Waals surface area contributed by atoms with Crippen LogP contribution in [0.2, 0.25) is 0 Å². The zero-order valence-corrected chi connectivity index (χ0v) is 14.5. The molecule has 1 aliphatic rings. The first-order valence-electron chi connectivity index (χ1n) is 8.42. The topological polar surface area (TPSA) is 44.8 Å². The number of amides is 2. The predicted molar refractivity (Wildman–Crippen MR) is 92.8 cm³/mol. The Morgan fingerprint density at radius 3 is 2.61 bits per heavy atom. The average molecular weight is 319 g/mol. The van der Waals surface area contributed by atoms with E-state index in [9.17, 15) is 4.79 Å². The van der Waals surface area contributed by atoms with E-state index in [4.69, 9.17) is 4.74 Å². The SMILES string of the molecule is Cc1ccc(C[C@@H](C)N(C)C(=O)NCCN2CCOCC2)cc1. The fourth-order valence-electron chi connectivity index (χ4n) is 2.67. The highest BCUT2D eigenvalue weighted by atomic mass is 16.5. The van der Waals surface area contributed by atoms with E-state index in [1.54, 1.807) is 4.90 Å². The second-order valence-electron chi connectivity index (χ2n) is 6.34. The fourth-order valence-corrected chi connectivity index (χ4v) is 2.67. The Labute approximate surface area is 139 Å². The van der Waals surface area contributed by atoms with Gasteiger partial charge in [-0.1, -0.05) is 29.8 Å². The molecule has 2 rings (SSSR count). The van der Waals surface area contributed by atoms with E-state index in [-0.39, 0.29) is 12.1 Å². The number of likely N-dealkylation sites (N-methyl/N-ethyl adjacent to an activating group) is 1. The van der Waals surface area contributed by atoms with Crippen LogP contribution in [0.5, 0.6) is 0 Å². The van der Waals surface area contributed by atoms with Crippen LogP contribution in [-0.4, -0.2) is 68.3 Å². The van der Waals surface area contributed by atoms with E-state index in [2.05, 4.69) is 48.3 Å². The summed E-state index contributed by atoms with van der Waals surface area (Å²) in [5.41, 5.74) is 2.52. The van der Waals surface area contributed by atoms with Gasteiger partial charge in [0.25, 0.3) is 0 Å². The van der Waals surface area contributed by atoms with Crippen LogP contribution >= 0.6 is 0 Å². The highest BCUT2D eigenvalue weighted by Crippen LogP contribution is 2.09. The number of rotatable bonds is 6. The zero-order chi connectivity index (χ0) is 16.7. The number of morpholine rings is 1. The van der Waals surface area contributed by atoms with Gasteiger partial charge >= 0.3 is 6.03 Å². The van der Waals surface area contributed by atoms with Crippen LogP contribution in [0.3, 0.4) is 0 Å². The fraction of sp³-hybridized carbons (Fsp3) is 0.611. The molecule has 0 unspecified atom stereocenters. The number of carbonyl (C=O) groups excluding carboxylic acids is 1. The van der Waals surface area contributed by atoms with Gasteiger partial charge in [0.05, 0.1) is 13.2 Å². The molecule has 0 aliphatic carbocycles. The standard InChI is InChI=1S/C18H29N3O2/c1-15-4-6-17(7-5-15)14-16(2)20(3)18(22)19-8-9-21-10-12-23-13-11-21/h4-7,16H,8-14H2,1-3H3,(H,19,22)/t16-/m1/s1. The van der Waals surface area contributed by atoms with E-state index in [0.29, 0.717) is 6.54 Å². The number of aryl methyl sites for hydroxylation is 1. The van der Waals surface area contributed by atoms with Crippen molar-refractivity contribution < 1.29 is 9.53 Å². The number of hydrogen-bond donors (Lipinski definition) is 1. The summed E-state index contributed by atoms with van der Waals surface area (Å²) >= 11 is 0. The Hall–Kier alpha value is -1.59. The number of hydrogen-bond acceptors (Lipinski definition) is 3. The quantitative estimate of drug-likeness (QED) is 0.871. The average Bonchev–Trinajstić information content (AvgIpc) is 2.57. The van der Waals surface area contributed by atoms with Crippen molar-refractivity contribution in [2.24, 2.45) is 0 Å². The minimum absolute atomic E-state index is 0.00197. The van der Waals surface area contributed by atoms with Crippen molar-refractivity contribution in [2.45, 2.75) is 26.3 Å². The van der Waals surface area contributed by atoms with Crippen molar-refractivity contribution in [1.82, 2.24) is 15.1 Å². The van der Waals surface area contributed by atoms with Crippen molar-refractivity contribution in [3.8, 4) is 0 Å². The van der Waals surface area contributed by atoms with Crippen LogP contribution in [0.15, 0.2) is 24.3 Å². The summed E-state index contributed by atoms with van der Waals surface area (Å²) in [5.74, 6) is 0. The minimum Gasteiger partial charge on any atom is -0.379 e. The van der Waals surface area contributed by atoms with Gasteiger partial charge in [-0.15, -0.1) is 0 Å². The molecule has 2 amide bonds. The van der Waals surface area contributed by atoms with Gasteiger partial charge < -0.3 is 15.0 Å². The van der Waals surface area contributed by atoms with Gasteiger partial charge in [0.15, 0.2) is 0 Å². The number of ether oxygens (including phenoxy) is 1. The highest BCUT2D eigenvalue weighted by Gasteiger charge is 2.16. The zero-order valence-electron chi connectivity index (χ0n) is 14.5. The van der Waals surface area contributed by atoms with E-state index in [1.807, 2.05) is 7.05 Å². The second-order valence-corrected chi connectivity index (χ2v) is 6.34. The van der Waals surface area contributed by atoms with Crippen LogP contribution in [-0.2, 0) is 11.2 Å². The molecule has 0 saturated carbocycles. The molecule has 1 aliphatic heterocycles. The maximum absolute atomic E-state index is 12.2. The highest BCUT2D eigenvalue weighted by molar-refractivity contribution is 5.74. The maximum Gasteiger partial charge on any atom is 0.317 e. The lowest BCUT2D eigenvalue weighted by Gasteiger charge is -2.28. The number of urea groups is 1. The van der Waals surface area contributed by atoms with Crippen molar-refractivity contribution in [3.05, 3.63) is 35.4 Å². The maximum atomic E-state index is 12.2. The van der Waals surface area contributed by atoms with E-state index < -0.39 is 0 Å². The third-order valence-corrected chi connectivity index (χ3v) is 4.44. The molecule has 1 saturated heterocycles.